The first-order chi connectivity index (χ1) is 11.2. The number of unbranched alkanes of at least 4 members (excludes halogenated alkanes) is 1. The van der Waals surface area contributed by atoms with Gasteiger partial charge in [-0.25, -0.2) is 4.39 Å². The average molecular weight is 341 g/mol. The van der Waals surface area contributed by atoms with Gasteiger partial charge in [-0.3, -0.25) is 4.99 Å². The van der Waals surface area contributed by atoms with Crippen molar-refractivity contribution in [3.63, 3.8) is 0 Å². The number of rotatable bonds is 10. The molecule has 2 N–H and O–H groups in total. The second-order valence-electron chi connectivity index (χ2n) is 5.38. The average Bonchev–Trinajstić information content (AvgIpc) is 2.56. The van der Waals surface area contributed by atoms with E-state index in [4.69, 9.17) is 0 Å². The van der Waals surface area contributed by atoms with Crippen LogP contribution in [0.15, 0.2) is 29.3 Å². The van der Waals surface area contributed by atoms with E-state index in [0.29, 0.717) is 0 Å². The Hall–Kier alpha value is -1.43. The molecule has 1 aromatic carbocycles. The topological polar surface area (TPSA) is 39.7 Å². The summed E-state index contributed by atoms with van der Waals surface area (Å²) in [5, 5.41) is 6.63. The van der Waals surface area contributed by atoms with Crippen LogP contribution in [0.2, 0.25) is 0 Å². The maximum absolute atomic E-state index is 13.2. The van der Waals surface area contributed by atoms with Crippen LogP contribution in [0.1, 0.15) is 19.3 Å². The van der Waals surface area contributed by atoms with E-state index >= 15 is 0 Å². The molecule has 0 saturated heterocycles. The van der Waals surface area contributed by atoms with E-state index in [-0.39, 0.29) is 5.82 Å². The van der Waals surface area contributed by atoms with Crippen LogP contribution in [0.4, 0.5) is 10.1 Å². The van der Waals surface area contributed by atoms with Crippen molar-refractivity contribution in [1.29, 1.82) is 0 Å². The monoisotopic (exact) mass is 340 g/mol. The molecule has 1 rings (SSSR count). The van der Waals surface area contributed by atoms with E-state index in [2.05, 4.69) is 26.8 Å². The number of thioether (sulfide) groups is 1. The van der Waals surface area contributed by atoms with Crippen molar-refractivity contribution in [2.75, 3.05) is 50.6 Å². The second kappa shape index (κ2) is 12.0. The Morgan fingerprint density at radius 3 is 2.61 bits per heavy atom. The maximum atomic E-state index is 13.2. The van der Waals surface area contributed by atoms with E-state index in [1.54, 1.807) is 19.2 Å². The molecule has 23 heavy (non-hydrogen) atoms. The summed E-state index contributed by atoms with van der Waals surface area (Å²) in [4.78, 5) is 6.28. The first kappa shape index (κ1) is 19.6. The smallest absolute Gasteiger partial charge is 0.190 e. The van der Waals surface area contributed by atoms with Crippen LogP contribution >= 0.6 is 11.8 Å². The van der Waals surface area contributed by atoms with Crippen LogP contribution in [0.25, 0.3) is 0 Å². The highest BCUT2D eigenvalue weighted by atomic mass is 32.2. The van der Waals surface area contributed by atoms with Gasteiger partial charge in [-0.2, -0.15) is 11.8 Å². The number of aliphatic imine (C=N–C) groups is 1. The number of benzene rings is 1. The lowest BCUT2D eigenvalue weighted by molar-refractivity contribution is 0.626. The summed E-state index contributed by atoms with van der Waals surface area (Å²) in [7, 11) is 3.77. The number of nitrogens with zero attached hydrogens (tertiary/aromatic N) is 2. The van der Waals surface area contributed by atoms with E-state index in [9.17, 15) is 4.39 Å². The molecule has 0 aliphatic carbocycles. The van der Waals surface area contributed by atoms with Crippen LogP contribution in [0.5, 0.6) is 0 Å². The summed E-state index contributed by atoms with van der Waals surface area (Å²) < 4.78 is 13.2. The molecule has 0 spiro atoms. The zero-order valence-electron chi connectivity index (χ0n) is 14.4. The summed E-state index contributed by atoms with van der Waals surface area (Å²) in [6, 6.07) is 6.68. The molecule has 0 fully saturated rings. The van der Waals surface area contributed by atoms with Gasteiger partial charge in [0.25, 0.3) is 0 Å². The lowest BCUT2D eigenvalue weighted by atomic mass is 10.2. The molecule has 6 heteroatoms. The third-order valence-corrected chi connectivity index (χ3v) is 4.20. The summed E-state index contributed by atoms with van der Waals surface area (Å²) in [6.07, 6.45) is 5.47. The lowest BCUT2D eigenvalue weighted by Crippen LogP contribution is -2.39. The quantitative estimate of drug-likeness (QED) is 0.390. The molecule has 1 aromatic rings. The van der Waals surface area contributed by atoms with E-state index in [1.165, 1.54) is 18.2 Å². The number of nitrogens with one attached hydrogen (secondary N) is 2. The molecule has 0 aliphatic rings. The standard InChI is InChI=1S/C17H29FN4S/c1-19-17(20-10-4-5-13-23-3)21-11-7-12-22(2)16-9-6-8-15(18)14-16/h6,8-9,14H,4-5,7,10-13H2,1-3H3,(H2,19,20,21). The fourth-order valence-corrected chi connectivity index (χ4v) is 2.66. The molecule has 0 unspecified atom stereocenters. The molecule has 0 saturated carbocycles. The largest absolute Gasteiger partial charge is 0.374 e. The van der Waals surface area contributed by atoms with E-state index < -0.39 is 0 Å². The third-order valence-electron chi connectivity index (χ3n) is 3.50. The van der Waals surface area contributed by atoms with Gasteiger partial charge in [-0.05, 0) is 49.5 Å². The molecule has 0 amide bonds. The molecular weight excluding hydrogens is 311 g/mol. The van der Waals surface area contributed by atoms with Crippen molar-refractivity contribution in [2.24, 2.45) is 4.99 Å². The van der Waals surface area contributed by atoms with Gasteiger partial charge in [0.1, 0.15) is 5.82 Å². The van der Waals surface area contributed by atoms with Crippen molar-refractivity contribution in [3.05, 3.63) is 30.1 Å². The Bertz CT molecular complexity index is 468. The molecule has 0 bridgehead atoms. The van der Waals surface area contributed by atoms with Gasteiger partial charge in [0.05, 0.1) is 0 Å². The highest BCUT2D eigenvalue weighted by molar-refractivity contribution is 7.98. The van der Waals surface area contributed by atoms with Crippen molar-refractivity contribution in [1.82, 2.24) is 10.6 Å². The summed E-state index contributed by atoms with van der Waals surface area (Å²) >= 11 is 1.88. The number of halogens is 1. The van der Waals surface area contributed by atoms with Gasteiger partial charge in [0.2, 0.25) is 0 Å². The van der Waals surface area contributed by atoms with Gasteiger partial charge in [0, 0.05) is 39.4 Å². The van der Waals surface area contributed by atoms with Gasteiger partial charge in [-0.15, -0.1) is 0 Å². The fraction of sp³-hybridized carbons (Fsp3) is 0.588. The second-order valence-corrected chi connectivity index (χ2v) is 6.37. The minimum atomic E-state index is -0.196. The van der Waals surface area contributed by atoms with Gasteiger partial charge in [-0.1, -0.05) is 6.07 Å². The molecule has 0 atom stereocenters. The molecule has 0 radical (unpaired) electrons. The highest BCUT2D eigenvalue weighted by Gasteiger charge is 2.02. The van der Waals surface area contributed by atoms with Crippen LogP contribution < -0.4 is 15.5 Å². The summed E-state index contributed by atoms with van der Waals surface area (Å²) in [5.74, 6) is 1.86. The summed E-state index contributed by atoms with van der Waals surface area (Å²) in [5.41, 5.74) is 0.904. The molecule has 0 heterocycles. The highest BCUT2D eigenvalue weighted by Crippen LogP contribution is 2.13. The lowest BCUT2D eigenvalue weighted by Gasteiger charge is -2.19. The zero-order chi connectivity index (χ0) is 16.9. The van der Waals surface area contributed by atoms with E-state index in [0.717, 1.165) is 44.1 Å². The Morgan fingerprint density at radius 2 is 1.96 bits per heavy atom. The Morgan fingerprint density at radius 1 is 1.22 bits per heavy atom. The molecule has 0 aromatic heterocycles. The van der Waals surface area contributed by atoms with E-state index in [1.807, 2.05) is 24.9 Å². The van der Waals surface area contributed by atoms with Crippen LogP contribution in [0.3, 0.4) is 0 Å². The van der Waals surface area contributed by atoms with Crippen molar-refractivity contribution >= 4 is 23.4 Å². The third kappa shape index (κ3) is 8.69. The van der Waals surface area contributed by atoms with Crippen LogP contribution in [-0.4, -0.2) is 51.7 Å². The number of guanidine groups is 1. The fourth-order valence-electron chi connectivity index (χ4n) is 2.16. The molecular formula is C17H29FN4S. The van der Waals surface area contributed by atoms with Crippen molar-refractivity contribution in [3.8, 4) is 0 Å². The summed E-state index contributed by atoms with van der Waals surface area (Å²) in [6.45, 7) is 2.65. The number of hydrogen-bond donors (Lipinski definition) is 2. The first-order valence-corrected chi connectivity index (χ1v) is 9.47. The minimum absolute atomic E-state index is 0.196. The molecule has 130 valence electrons. The van der Waals surface area contributed by atoms with Crippen LogP contribution in [-0.2, 0) is 0 Å². The SMILES string of the molecule is CN=C(NCCCCSC)NCCCN(C)c1cccc(F)c1. The maximum Gasteiger partial charge on any atom is 0.190 e. The predicted molar refractivity (Wildman–Crippen MR) is 101 cm³/mol. The molecule has 4 nitrogen and oxygen atoms in total. The number of hydrogen-bond acceptors (Lipinski definition) is 3. The van der Waals surface area contributed by atoms with Gasteiger partial charge in [0.15, 0.2) is 5.96 Å². The Labute approximate surface area is 143 Å². The van der Waals surface area contributed by atoms with Crippen LogP contribution in [0, 0.1) is 5.82 Å². The van der Waals surface area contributed by atoms with Gasteiger partial charge >= 0.3 is 0 Å². The Balaban J connectivity index is 2.17. The minimum Gasteiger partial charge on any atom is -0.374 e. The Kier molecular flexibility index (Phi) is 10.3. The van der Waals surface area contributed by atoms with Gasteiger partial charge < -0.3 is 15.5 Å². The predicted octanol–water partition coefficient (Wildman–Crippen LogP) is 2.96. The normalized spacial score (nSPS) is 11.4. The van der Waals surface area contributed by atoms with Crippen molar-refractivity contribution in [2.45, 2.75) is 19.3 Å². The molecule has 0 aliphatic heterocycles. The zero-order valence-corrected chi connectivity index (χ0v) is 15.3. The van der Waals surface area contributed by atoms with Crippen molar-refractivity contribution < 1.29 is 4.39 Å². The first-order valence-electron chi connectivity index (χ1n) is 8.07. The number of anilines is 1.